The molecule has 0 atom stereocenters. The van der Waals surface area contributed by atoms with Gasteiger partial charge in [-0.3, -0.25) is 4.79 Å². The molecule has 2 rings (SSSR count). The van der Waals surface area contributed by atoms with Crippen molar-refractivity contribution < 1.29 is 19.0 Å². The number of amides is 1. The van der Waals surface area contributed by atoms with E-state index in [1.807, 2.05) is 30.3 Å². The molecule has 0 heterocycles. The van der Waals surface area contributed by atoms with E-state index in [1.165, 1.54) is 0 Å². The maximum atomic E-state index is 11.6. The van der Waals surface area contributed by atoms with Gasteiger partial charge in [-0.2, -0.15) is 0 Å². The third-order valence-electron chi connectivity index (χ3n) is 3.24. The summed E-state index contributed by atoms with van der Waals surface area (Å²) in [5.41, 5.74) is 0.568. The molecule has 0 bridgehead atoms. The lowest BCUT2D eigenvalue weighted by Gasteiger charge is -2.10. The maximum absolute atomic E-state index is 11.6. The molecule has 0 saturated carbocycles. The van der Waals surface area contributed by atoms with Crippen LogP contribution in [0.3, 0.4) is 0 Å². The van der Waals surface area contributed by atoms with Crippen LogP contribution in [-0.4, -0.2) is 32.8 Å². The predicted octanol–water partition coefficient (Wildman–Crippen LogP) is 3.29. The average molecular weight is 329 g/mol. The molecular weight excluding hydrogens is 306 g/mol. The van der Waals surface area contributed by atoms with Crippen molar-refractivity contribution in [2.45, 2.75) is 13.3 Å². The van der Waals surface area contributed by atoms with Gasteiger partial charge in [0.25, 0.3) is 5.91 Å². The van der Waals surface area contributed by atoms with Crippen molar-refractivity contribution in [3.8, 4) is 17.2 Å². The number of benzene rings is 2. The third kappa shape index (κ3) is 5.50. The summed E-state index contributed by atoms with van der Waals surface area (Å²) in [5, 5.41) is 2.59. The van der Waals surface area contributed by atoms with Gasteiger partial charge in [0.05, 0.1) is 6.61 Å². The highest BCUT2D eigenvalue weighted by Crippen LogP contribution is 2.18. The maximum Gasteiger partial charge on any atom is 0.251 e. The van der Waals surface area contributed by atoms with Crippen LogP contribution >= 0.6 is 0 Å². The Labute approximate surface area is 142 Å². The first-order valence-electron chi connectivity index (χ1n) is 8.03. The lowest BCUT2D eigenvalue weighted by atomic mass is 10.2. The van der Waals surface area contributed by atoms with E-state index in [-0.39, 0.29) is 5.91 Å². The van der Waals surface area contributed by atoms with Crippen LogP contribution < -0.4 is 19.5 Å². The second kappa shape index (κ2) is 9.45. The van der Waals surface area contributed by atoms with Crippen LogP contribution in [0.1, 0.15) is 23.7 Å². The van der Waals surface area contributed by atoms with E-state index in [2.05, 4.69) is 12.2 Å². The highest BCUT2D eigenvalue weighted by molar-refractivity contribution is 5.94. The lowest BCUT2D eigenvalue weighted by Crippen LogP contribution is -2.17. The zero-order chi connectivity index (χ0) is 17.2. The van der Waals surface area contributed by atoms with Crippen molar-refractivity contribution in [3.05, 3.63) is 54.1 Å². The van der Waals surface area contributed by atoms with Crippen LogP contribution in [-0.2, 0) is 0 Å². The molecule has 1 amide bonds. The number of rotatable bonds is 9. The van der Waals surface area contributed by atoms with E-state index < -0.39 is 0 Å². The first kappa shape index (κ1) is 17.7. The first-order chi connectivity index (χ1) is 11.7. The number of carbonyl (C=O) groups excluding carboxylic acids is 1. The Hall–Kier alpha value is -2.69. The average Bonchev–Trinajstić information content (AvgIpc) is 2.64. The molecule has 5 heteroatoms. The van der Waals surface area contributed by atoms with E-state index in [0.717, 1.165) is 17.9 Å². The molecular formula is C19H23NO4. The summed E-state index contributed by atoms with van der Waals surface area (Å²) in [7, 11) is 1.60. The molecule has 0 aromatic heterocycles. The molecule has 0 saturated heterocycles. The molecule has 2 aromatic carbocycles. The van der Waals surface area contributed by atoms with Gasteiger partial charge in [-0.1, -0.05) is 13.0 Å². The smallest absolute Gasteiger partial charge is 0.251 e. The number of ether oxygens (including phenoxy) is 3. The second-order valence-electron chi connectivity index (χ2n) is 5.12. The van der Waals surface area contributed by atoms with E-state index in [4.69, 9.17) is 14.2 Å². The van der Waals surface area contributed by atoms with Crippen LogP contribution in [0.25, 0.3) is 0 Å². The number of nitrogens with one attached hydrogen (secondary N) is 1. The van der Waals surface area contributed by atoms with E-state index in [0.29, 0.717) is 31.1 Å². The molecule has 0 unspecified atom stereocenters. The minimum Gasteiger partial charge on any atom is -0.494 e. The van der Waals surface area contributed by atoms with Crippen LogP contribution in [0, 0.1) is 0 Å². The van der Waals surface area contributed by atoms with Crippen molar-refractivity contribution in [2.24, 2.45) is 0 Å². The van der Waals surface area contributed by atoms with Crippen LogP contribution in [0.2, 0.25) is 0 Å². The van der Waals surface area contributed by atoms with Gasteiger partial charge in [0.2, 0.25) is 0 Å². The molecule has 0 radical (unpaired) electrons. The van der Waals surface area contributed by atoms with Crippen molar-refractivity contribution >= 4 is 5.91 Å². The summed E-state index contributed by atoms with van der Waals surface area (Å²) >= 11 is 0. The van der Waals surface area contributed by atoms with Gasteiger partial charge in [0.1, 0.15) is 30.5 Å². The normalized spacial score (nSPS) is 10.1. The molecule has 0 spiro atoms. The summed E-state index contributed by atoms with van der Waals surface area (Å²) < 4.78 is 16.8. The standard InChI is InChI=1S/C19H23NO4/c1-3-11-22-16-7-9-17(10-8-16)23-12-13-24-18-6-4-5-15(14-18)19(21)20-2/h4-10,14H,3,11-13H2,1-2H3,(H,20,21). The van der Waals surface area contributed by atoms with Gasteiger partial charge in [-0.15, -0.1) is 0 Å². The van der Waals surface area contributed by atoms with Gasteiger partial charge >= 0.3 is 0 Å². The van der Waals surface area contributed by atoms with E-state index >= 15 is 0 Å². The molecule has 24 heavy (non-hydrogen) atoms. The minimum atomic E-state index is -0.137. The van der Waals surface area contributed by atoms with Crippen molar-refractivity contribution in [1.29, 1.82) is 0 Å². The van der Waals surface area contributed by atoms with Gasteiger partial charge in [0, 0.05) is 12.6 Å². The predicted molar refractivity (Wildman–Crippen MR) is 93.1 cm³/mol. The van der Waals surface area contributed by atoms with Gasteiger partial charge in [-0.05, 0) is 48.9 Å². The fourth-order valence-electron chi connectivity index (χ4n) is 2.04. The van der Waals surface area contributed by atoms with Crippen LogP contribution in [0.15, 0.2) is 48.5 Å². The molecule has 0 aliphatic carbocycles. The molecule has 5 nitrogen and oxygen atoms in total. The third-order valence-corrected chi connectivity index (χ3v) is 3.24. The van der Waals surface area contributed by atoms with Crippen molar-refractivity contribution in [2.75, 3.05) is 26.9 Å². The number of hydrogen-bond donors (Lipinski definition) is 1. The van der Waals surface area contributed by atoms with Crippen molar-refractivity contribution in [1.82, 2.24) is 5.32 Å². The summed E-state index contributed by atoms with van der Waals surface area (Å²) in [5.74, 6) is 2.11. The van der Waals surface area contributed by atoms with Gasteiger partial charge < -0.3 is 19.5 Å². The fourth-order valence-corrected chi connectivity index (χ4v) is 2.04. The topological polar surface area (TPSA) is 56.8 Å². The molecule has 2 aromatic rings. The molecule has 128 valence electrons. The second-order valence-corrected chi connectivity index (χ2v) is 5.12. The SMILES string of the molecule is CCCOc1ccc(OCCOc2cccc(C(=O)NC)c2)cc1. The number of hydrogen-bond acceptors (Lipinski definition) is 4. The Balaban J connectivity index is 1.75. The van der Waals surface area contributed by atoms with Crippen molar-refractivity contribution in [3.63, 3.8) is 0 Å². The Morgan fingerprint density at radius 1 is 0.875 bits per heavy atom. The highest BCUT2D eigenvalue weighted by Gasteiger charge is 2.04. The quantitative estimate of drug-likeness (QED) is 0.717. The Bertz CT molecular complexity index is 640. The zero-order valence-corrected chi connectivity index (χ0v) is 14.1. The highest BCUT2D eigenvalue weighted by atomic mass is 16.5. The summed E-state index contributed by atoms with van der Waals surface area (Å²) in [6, 6.07) is 14.6. The summed E-state index contributed by atoms with van der Waals surface area (Å²) in [6.45, 7) is 3.59. The fraction of sp³-hybridized carbons (Fsp3) is 0.316. The minimum absolute atomic E-state index is 0.137. The summed E-state index contributed by atoms with van der Waals surface area (Å²) in [4.78, 5) is 11.6. The van der Waals surface area contributed by atoms with E-state index in [9.17, 15) is 4.79 Å². The van der Waals surface area contributed by atoms with Crippen LogP contribution in [0.5, 0.6) is 17.2 Å². The first-order valence-corrected chi connectivity index (χ1v) is 8.03. The molecule has 0 fully saturated rings. The van der Waals surface area contributed by atoms with E-state index in [1.54, 1.807) is 25.2 Å². The Kier molecular flexibility index (Phi) is 6.95. The van der Waals surface area contributed by atoms with Crippen LogP contribution in [0.4, 0.5) is 0 Å². The largest absolute Gasteiger partial charge is 0.494 e. The van der Waals surface area contributed by atoms with Gasteiger partial charge in [0.15, 0.2) is 0 Å². The molecule has 0 aliphatic rings. The Morgan fingerprint density at radius 2 is 1.46 bits per heavy atom. The molecule has 0 aliphatic heterocycles. The monoisotopic (exact) mass is 329 g/mol. The lowest BCUT2D eigenvalue weighted by molar-refractivity contribution is 0.0962. The van der Waals surface area contributed by atoms with Gasteiger partial charge in [-0.25, -0.2) is 0 Å². The summed E-state index contributed by atoms with van der Waals surface area (Å²) in [6.07, 6.45) is 0.983. The zero-order valence-electron chi connectivity index (χ0n) is 14.1. The number of carbonyl (C=O) groups is 1. The molecule has 1 N–H and O–H groups in total. The Morgan fingerprint density at radius 3 is 2.04 bits per heavy atom.